The maximum absolute atomic E-state index is 12.3. The van der Waals surface area contributed by atoms with E-state index in [0.717, 1.165) is 60.4 Å². The number of likely N-dealkylation sites (tertiary alicyclic amines) is 1. The van der Waals surface area contributed by atoms with Gasteiger partial charge in [-0.15, -0.1) is 0 Å². The smallest absolute Gasteiger partial charge is 0.224 e. The van der Waals surface area contributed by atoms with Crippen LogP contribution in [-0.2, 0) is 22.4 Å². The molecule has 6 nitrogen and oxygen atoms in total. The lowest BCUT2D eigenvalue weighted by Gasteiger charge is -2.30. The molecule has 2 aromatic rings. The van der Waals surface area contributed by atoms with Crippen molar-refractivity contribution in [2.45, 2.75) is 32.1 Å². The number of anilines is 1. The van der Waals surface area contributed by atoms with Gasteiger partial charge in [-0.05, 0) is 90.1 Å². The Bertz CT molecular complexity index is 893. The van der Waals surface area contributed by atoms with Crippen LogP contribution >= 0.6 is 15.9 Å². The summed E-state index contributed by atoms with van der Waals surface area (Å²) in [6.07, 6.45) is 3.74. The van der Waals surface area contributed by atoms with E-state index in [1.54, 1.807) is 7.11 Å². The Hall–Kier alpha value is -2.38. The van der Waals surface area contributed by atoms with Crippen molar-refractivity contribution >= 4 is 33.4 Å². The van der Waals surface area contributed by atoms with Crippen molar-refractivity contribution in [1.82, 2.24) is 4.90 Å². The second kappa shape index (κ2) is 11.3. The molecule has 1 saturated heterocycles. The lowest BCUT2D eigenvalue weighted by atomic mass is 9.96. The van der Waals surface area contributed by atoms with Crippen LogP contribution in [0.25, 0.3) is 0 Å². The zero-order valence-corrected chi connectivity index (χ0v) is 19.5. The van der Waals surface area contributed by atoms with Crippen molar-refractivity contribution in [3.05, 3.63) is 58.1 Å². The van der Waals surface area contributed by atoms with Crippen LogP contribution in [0.2, 0.25) is 0 Å². The summed E-state index contributed by atoms with van der Waals surface area (Å²) in [6, 6.07) is 13.9. The fourth-order valence-corrected chi connectivity index (χ4v) is 4.42. The molecule has 3 N–H and O–H groups in total. The minimum atomic E-state index is -0.172. The largest absolute Gasteiger partial charge is 0.496 e. The third kappa shape index (κ3) is 7.08. The first kappa shape index (κ1) is 23.3. The molecule has 0 unspecified atom stereocenters. The molecule has 0 aromatic heterocycles. The number of piperidine rings is 1. The number of aryl methyl sites for hydroxylation is 1. The van der Waals surface area contributed by atoms with Crippen molar-refractivity contribution < 1.29 is 14.3 Å². The summed E-state index contributed by atoms with van der Waals surface area (Å²) < 4.78 is 6.12. The van der Waals surface area contributed by atoms with Crippen LogP contribution in [0.5, 0.6) is 5.75 Å². The molecular formula is C24H30BrN3O3. The first-order valence-electron chi connectivity index (χ1n) is 10.7. The standard InChI is InChI=1S/C24H30BrN3O3/c1-31-22-8-4-18(16-21(22)25)5-9-23(29)27-20-6-2-17(3-7-20)10-13-28-14-11-19(12-15-28)24(26)30/h2-4,6-8,16,19H,5,9-15H2,1H3,(H2,26,30)(H,27,29). The van der Waals surface area contributed by atoms with E-state index in [-0.39, 0.29) is 17.7 Å². The molecule has 0 radical (unpaired) electrons. The molecule has 2 amide bonds. The number of benzene rings is 2. The molecule has 1 heterocycles. The Labute approximate surface area is 192 Å². The quantitative estimate of drug-likeness (QED) is 0.563. The van der Waals surface area contributed by atoms with Crippen LogP contribution in [0.3, 0.4) is 0 Å². The summed E-state index contributed by atoms with van der Waals surface area (Å²) in [5.41, 5.74) is 8.53. The minimum absolute atomic E-state index is 0.00277. The van der Waals surface area contributed by atoms with Crippen LogP contribution < -0.4 is 15.8 Å². The van der Waals surface area contributed by atoms with E-state index >= 15 is 0 Å². The summed E-state index contributed by atoms with van der Waals surface area (Å²) in [5, 5.41) is 2.97. The number of rotatable bonds is 9. The van der Waals surface area contributed by atoms with Gasteiger partial charge in [-0.25, -0.2) is 0 Å². The molecule has 0 spiro atoms. The van der Waals surface area contributed by atoms with Gasteiger partial charge in [-0.2, -0.15) is 0 Å². The molecule has 2 aromatic carbocycles. The molecule has 1 fully saturated rings. The number of halogens is 1. The molecule has 0 saturated carbocycles. The number of amides is 2. The summed E-state index contributed by atoms with van der Waals surface area (Å²) in [6.45, 7) is 2.81. The summed E-state index contributed by atoms with van der Waals surface area (Å²) in [4.78, 5) is 25.9. The number of hydrogen-bond donors (Lipinski definition) is 2. The zero-order valence-electron chi connectivity index (χ0n) is 17.9. The van der Waals surface area contributed by atoms with Gasteiger partial charge in [-0.1, -0.05) is 18.2 Å². The van der Waals surface area contributed by atoms with Gasteiger partial charge in [0.05, 0.1) is 11.6 Å². The highest BCUT2D eigenvalue weighted by atomic mass is 79.9. The maximum Gasteiger partial charge on any atom is 0.224 e. The first-order valence-corrected chi connectivity index (χ1v) is 11.5. The lowest BCUT2D eigenvalue weighted by Crippen LogP contribution is -2.39. The number of hydrogen-bond acceptors (Lipinski definition) is 4. The van der Waals surface area contributed by atoms with Gasteiger partial charge in [-0.3, -0.25) is 9.59 Å². The number of primary amides is 1. The van der Waals surface area contributed by atoms with Crippen molar-refractivity contribution in [1.29, 1.82) is 0 Å². The molecular weight excluding hydrogens is 458 g/mol. The number of nitrogens with zero attached hydrogens (tertiary/aromatic N) is 1. The fraction of sp³-hybridized carbons (Fsp3) is 0.417. The number of nitrogens with one attached hydrogen (secondary N) is 1. The van der Waals surface area contributed by atoms with E-state index in [1.807, 2.05) is 30.3 Å². The molecule has 166 valence electrons. The van der Waals surface area contributed by atoms with E-state index in [1.165, 1.54) is 5.56 Å². The average Bonchev–Trinajstić information content (AvgIpc) is 2.77. The van der Waals surface area contributed by atoms with E-state index in [0.29, 0.717) is 12.8 Å². The van der Waals surface area contributed by atoms with Gasteiger partial charge in [0.2, 0.25) is 11.8 Å². The molecule has 3 rings (SSSR count). The second-order valence-electron chi connectivity index (χ2n) is 7.98. The Morgan fingerprint density at radius 3 is 2.39 bits per heavy atom. The van der Waals surface area contributed by atoms with Gasteiger partial charge < -0.3 is 20.7 Å². The second-order valence-corrected chi connectivity index (χ2v) is 8.84. The van der Waals surface area contributed by atoms with E-state index < -0.39 is 0 Å². The van der Waals surface area contributed by atoms with Crippen molar-refractivity contribution in [3.63, 3.8) is 0 Å². The fourth-order valence-electron chi connectivity index (χ4n) is 3.83. The Morgan fingerprint density at radius 1 is 1.10 bits per heavy atom. The lowest BCUT2D eigenvalue weighted by molar-refractivity contribution is -0.123. The molecule has 1 aliphatic heterocycles. The predicted molar refractivity (Wildman–Crippen MR) is 126 cm³/mol. The molecule has 7 heteroatoms. The van der Waals surface area contributed by atoms with Crippen LogP contribution in [0.1, 0.15) is 30.4 Å². The topological polar surface area (TPSA) is 84.7 Å². The zero-order chi connectivity index (χ0) is 22.2. The number of nitrogens with two attached hydrogens (primary N) is 1. The predicted octanol–water partition coefficient (Wildman–Crippen LogP) is 3.77. The summed E-state index contributed by atoms with van der Waals surface area (Å²) in [5.74, 6) is 0.639. The maximum atomic E-state index is 12.3. The van der Waals surface area contributed by atoms with Gasteiger partial charge in [0.1, 0.15) is 5.75 Å². The van der Waals surface area contributed by atoms with Crippen molar-refractivity contribution in [2.24, 2.45) is 11.7 Å². The molecule has 1 aliphatic rings. The van der Waals surface area contributed by atoms with Crippen molar-refractivity contribution in [2.75, 3.05) is 32.1 Å². The highest BCUT2D eigenvalue weighted by Crippen LogP contribution is 2.26. The molecule has 0 aliphatic carbocycles. The van der Waals surface area contributed by atoms with Gasteiger partial charge in [0.25, 0.3) is 0 Å². The number of carbonyl (C=O) groups excluding carboxylic acids is 2. The van der Waals surface area contributed by atoms with Gasteiger partial charge >= 0.3 is 0 Å². The number of ether oxygens (including phenoxy) is 1. The van der Waals surface area contributed by atoms with Crippen LogP contribution in [0.4, 0.5) is 5.69 Å². The Kier molecular flexibility index (Phi) is 8.49. The Balaban J connectivity index is 1.40. The van der Waals surface area contributed by atoms with E-state index in [2.05, 4.69) is 38.3 Å². The third-order valence-corrected chi connectivity index (χ3v) is 6.42. The number of methoxy groups -OCH3 is 1. The van der Waals surface area contributed by atoms with Crippen LogP contribution in [-0.4, -0.2) is 43.5 Å². The normalized spacial score (nSPS) is 14.9. The molecule has 0 atom stereocenters. The summed E-state index contributed by atoms with van der Waals surface area (Å²) in [7, 11) is 1.63. The summed E-state index contributed by atoms with van der Waals surface area (Å²) >= 11 is 3.47. The third-order valence-electron chi connectivity index (χ3n) is 5.80. The van der Waals surface area contributed by atoms with Gasteiger partial charge in [0, 0.05) is 24.6 Å². The minimum Gasteiger partial charge on any atom is -0.496 e. The molecule has 0 bridgehead atoms. The van der Waals surface area contributed by atoms with Crippen LogP contribution in [0, 0.1) is 5.92 Å². The van der Waals surface area contributed by atoms with Gasteiger partial charge in [0.15, 0.2) is 0 Å². The molecule has 31 heavy (non-hydrogen) atoms. The van der Waals surface area contributed by atoms with E-state index in [9.17, 15) is 9.59 Å². The average molecular weight is 488 g/mol. The van der Waals surface area contributed by atoms with E-state index in [4.69, 9.17) is 10.5 Å². The Morgan fingerprint density at radius 2 is 1.77 bits per heavy atom. The first-order chi connectivity index (χ1) is 14.9. The van der Waals surface area contributed by atoms with Crippen LogP contribution in [0.15, 0.2) is 46.9 Å². The number of carbonyl (C=O) groups is 2. The SMILES string of the molecule is COc1ccc(CCC(=O)Nc2ccc(CCN3CCC(C(N)=O)CC3)cc2)cc1Br. The highest BCUT2D eigenvalue weighted by Gasteiger charge is 2.22. The monoisotopic (exact) mass is 487 g/mol. The van der Waals surface area contributed by atoms with Crippen molar-refractivity contribution in [3.8, 4) is 5.75 Å². The highest BCUT2D eigenvalue weighted by molar-refractivity contribution is 9.10.